The Kier molecular flexibility index (Phi) is 5.38. The minimum Gasteiger partial charge on any atom is -0.467 e. The molecule has 0 unspecified atom stereocenters. The summed E-state index contributed by atoms with van der Waals surface area (Å²) in [5, 5.41) is 10.7. The quantitative estimate of drug-likeness (QED) is 0.325. The second-order valence-corrected chi connectivity index (χ2v) is 8.24. The molecule has 4 aromatic rings. The number of thioether (sulfide) groups is 1. The number of halogens is 1. The van der Waals surface area contributed by atoms with E-state index in [1.807, 2.05) is 24.3 Å². The van der Waals surface area contributed by atoms with E-state index in [1.54, 1.807) is 36.6 Å². The summed E-state index contributed by atoms with van der Waals surface area (Å²) < 4.78 is 12.2. The number of carbonyl (C=O) groups excluding carboxylic acids is 1. The van der Waals surface area contributed by atoms with Crippen LogP contribution >= 0.6 is 23.4 Å². The van der Waals surface area contributed by atoms with Gasteiger partial charge in [0, 0.05) is 5.02 Å². The zero-order valence-corrected chi connectivity index (χ0v) is 18.1. The summed E-state index contributed by atoms with van der Waals surface area (Å²) in [5.74, 6) is 7.50. The molecular formula is C21H17ClN6O3S. The van der Waals surface area contributed by atoms with Crippen molar-refractivity contribution in [2.75, 3.05) is 11.6 Å². The van der Waals surface area contributed by atoms with Crippen LogP contribution in [0, 0.1) is 0 Å². The van der Waals surface area contributed by atoms with E-state index >= 15 is 0 Å². The lowest BCUT2D eigenvalue weighted by molar-refractivity contribution is -0.131. The fraction of sp³-hybridized carbons (Fsp3) is 0.0952. The number of nitrogens with zero attached hydrogens (tertiary/aromatic N) is 4. The van der Waals surface area contributed by atoms with Gasteiger partial charge >= 0.3 is 0 Å². The van der Waals surface area contributed by atoms with E-state index in [4.69, 9.17) is 26.3 Å². The Morgan fingerprint density at radius 3 is 2.62 bits per heavy atom. The fourth-order valence-corrected chi connectivity index (χ4v) is 4.13. The van der Waals surface area contributed by atoms with E-state index in [9.17, 15) is 4.79 Å². The number of amides is 1. The molecule has 1 atom stereocenters. The first-order valence-corrected chi connectivity index (χ1v) is 10.9. The van der Waals surface area contributed by atoms with Gasteiger partial charge in [-0.25, -0.2) is 9.69 Å². The predicted molar refractivity (Wildman–Crippen MR) is 119 cm³/mol. The van der Waals surface area contributed by atoms with Gasteiger partial charge in [-0.1, -0.05) is 35.5 Å². The van der Waals surface area contributed by atoms with Gasteiger partial charge in [0.1, 0.15) is 11.8 Å². The molecule has 0 aliphatic carbocycles. The first-order chi connectivity index (χ1) is 15.6. The molecular weight excluding hydrogens is 452 g/mol. The molecule has 1 amide bonds. The number of nitrogen functional groups attached to an aromatic ring is 1. The summed E-state index contributed by atoms with van der Waals surface area (Å²) >= 11 is 7.18. The van der Waals surface area contributed by atoms with E-state index in [1.165, 1.54) is 27.7 Å². The number of nitrogens with one attached hydrogen (secondary N) is 1. The highest BCUT2D eigenvalue weighted by atomic mass is 35.5. The highest BCUT2D eigenvalue weighted by molar-refractivity contribution is 7.99. The van der Waals surface area contributed by atoms with Gasteiger partial charge in [-0.3, -0.25) is 10.2 Å². The lowest BCUT2D eigenvalue weighted by Crippen LogP contribution is -2.40. The van der Waals surface area contributed by atoms with Crippen molar-refractivity contribution in [2.45, 2.75) is 11.2 Å². The van der Waals surface area contributed by atoms with Gasteiger partial charge in [-0.2, -0.15) is 0 Å². The van der Waals surface area contributed by atoms with Crippen molar-refractivity contribution in [3.63, 3.8) is 0 Å². The normalized spacial score (nSPS) is 15.6. The van der Waals surface area contributed by atoms with Gasteiger partial charge in [0.15, 0.2) is 5.76 Å². The van der Waals surface area contributed by atoms with Gasteiger partial charge in [0.05, 0.1) is 24.0 Å². The molecule has 1 aliphatic heterocycles. The van der Waals surface area contributed by atoms with Gasteiger partial charge in [0.2, 0.25) is 11.0 Å². The van der Waals surface area contributed by atoms with Crippen LogP contribution in [0.25, 0.3) is 17.3 Å². The van der Waals surface area contributed by atoms with Crippen molar-refractivity contribution in [3.8, 4) is 11.6 Å². The molecule has 0 fully saturated rings. The average Bonchev–Trinajstić information content (AvgIpc) is 3.59. The van der Waals surface area contributed by atoms with Crippen LogP contribution in [0.2, 0.25) is 5.02 Å². The van der Waals surface area contributed by atoms with E-state index in [-0.39, 0.29) is 11.7 Å². The average molecular weight is 469 g/mol. The summed E-state index contributed by atoms with van der Waals surface area (Å²) in [6, 6.07) is 14.0. The largest absolute Gasteiger partial charge is 0.467 e. The van der Waals surface area contributed by atoms with Crippen molar-refractivity contribution in [3.05, 3.63) is 83.5 Å². The van der Waals surface area contributed by atoms with E-state index in [0.717, 1.165) is 11.3 Å². The monoisotopic (exact) mass is 468 g/mol. The topological polar surface area (TPSA) is 115 Å². The van der Waals surface area contributed by atoms with Crippen LogP contribution in [0.5, 0.6) is 0 Å². The Bertz CT molecular complexity index is 1250. The van der Waals surface area contributed by atoms with Crippen LogP contribution in [-0.2, 0) is 4.79 Å². The Hall–Kier alpha value is -3.63. The number of carbonyl (C=O) groups is 1. The summed E-state index contributed by atoms with van der Waals surface area (Å²) in [6.45, 7) is 0. The molecule has 0 saturated heterocycles. The molecule has 3 N–H and O–H groups in total. The Labute approximate surface area is 191 Å². The number of hydrogen-bond acceptors (Lipinski definition) is 8. The van der Waals surface area contributed by atoms with Gasteiger partial charge in [-0.15, -0.1) is 10.2 Å². The second kappa shape index (κ2) is 8.48. The van der Waals surface area contributed by atoms with Crippen LogP contribution in [0.1, 0.15) is 17.4 Å². The molecule has 162 valence electrons. The van der Waals surface area contributed by atoms with Crippen molar-refractivity contribution < 1.29 is 13.6 Å². The summed E-state index contributed by atoms with van der Waals surface area (Å²) in [4.78, 5) is 13.1. The molecule has 0 bridgehead atoms. The van der Waals surface area contributed by atoms with Crippen molar-refractivity contribution in [1.82, 2.24) is 25.3 Å². The van der Waals surface area contributed by atoms with Crippen LogP contribution in [0.15, 0.2) is 81.1 Å². The molecule has 9 nitrogen and oxygen atoms in total. The minimum atomic E-state index is -0.404. The first-order valence-electron chi connectivity index (χ1n) is 9.57. The number of hydrogen-bond donors (Lipinski definition) is 2. The van der Waals surface area contributed by atoms with E-state index in [2.05, 4.69) is 15.6 Å². The Balaban J connectivity index is 1.33. The number of aromatic nitrogens is 3. The Morgan fingerprint density at radius 1 is 1.12 bits per heavy atom. The van der Waals surface area contributed by atoms with Crippen LogP contribution in [0.3, 0.4) is 0 Å². The SMILES string of the molecule is Nn1c(SCC(=O)N2NC(c3ccc(Cl)cc3)=C[C@@H]2c2ccco2)nnc1-c1ccco1. The molecule has 0 saturated carbocycles. The number of nitrogens with two attached hydrogens (primary N) is 1. The van der Waals surface area contributed by atoms with Crippen LogP contribution in [-0.4, -0.2) is 31.5 Å². The number of hydrazine groups is 1. The maximum Gasteiger partial charge on any atom is 0.252 e. The highest BCUT2D eigenvalue weighted by Gasteiger charge is 2.32. The third kappa shape index (κ3) is 3.85. The third-order valence-electron chi connectivity index (χ3n) is 4.83. The number of benzene rings is 1. The van der Waals surface area contributed by atoms with Gasteiger partial charge < -0.3 is 14.7 Å². The maximum atomic E-state index is 13.1. The predicted octanol–water partition coefficient (Wildman–Crippen LogP) is 3.72. The first kappa shape index (κ1) is 20.3. The van der Waals surface area contributed by atoms with Gasteiger partial charge in [0.25, 0.3) is 5.91 Å². The smallest absolute Gasteiger partial charge is 0.252 e. The summed E-state index contributed by atoms with van der Waals surface area (Å²) in [5.41, 5.74) is 4.87. The number of rotatable bonds is 6. The summed E-state index contributed by atoms with van der Waals surface area (Å²) in [7, 11) is 0. The second-order valence-electron chi connectivity index (χ2n) is 6.87. The molecule has 0 spiro atoms. The zero-order chi connectivity index (χ0) is 22.1. The maximum absolute atomic E-state index is 13.1. The van der Waals surface area contributed by atoms with Crippen molar-refractivity contribution >= 4 is 35.0 Å². The molecule has 11 heteroatoms. The van der Waals surface area contributed by atoms with Crippen LogP contribution in [0.4, 0.5) is 0 Å². The molecule has 3 aromatic heterocycles. The fourth-order valence-electron chi connectivity index (χ4n) is 3.29. The van der Waals surface area contributed by atoms with Crippen molar-refractivity contribution in [2.24, 2.45) is 0 Å². The molecule has 5 rings (SSSR count). The highest BCUT2D eigenvalue weighted by Crippen LogP contribution is 2.33. The third-order valence-corrected chi connectivity index (χ3v) is 6.01. The van der Waals surface area contributed by atoms with E-state index < -0.39 is 6.04 Å². The lowest BCUT2D eigenvalue weighted by atomic mass is 10.1. The lowest BCUT2D eigenvalue weighted by Gasteiger charge is -2.23. The van der Waals surface area contributed by atoms with Gasteiger partial charge in [-0.05, 0) is 48.0 Å². The minimum absolute atomic E-state index is 0.0828. The van der Waals surface area contributed by atoms with E-state index in [0.29, 0.717) is 27.5 Å². The van der Waals surface area contributed by atoms with Crippen molar-refractivity contribution in [1.29, 1.82) is 0 Å². The molecule has 1 aliphatic rings. The molecule has 1 aromatic carbocycles. The standard InChI is InChI=1S/C21H17ClN6O3S/c22-14-7-5-13(6-8-14)15-11-16(17-3-1-9-30-17)28(26-15)19(29)12-32-21-25-24-20(27(21)23)18-4-2-10-31-18/h1-11,16,26H,12,23H2/t16-/m1/s1. The Morgan fingerprint density at radius 2 is 1.91 bits per heavy atom. The molecule has 32 heavy (non-hydrogen) atoms. The molecule has 4 heterocycles. The zero-order valence-electron chi connectivity index (χ0n) is 16.5. The summed E-state index contributed by atoms with van der Waals surface area (Å²) in [6.07, 6.45) is 5.04. The van der Waals surface area contributed by atoms with Crippen LogP contribution < -0.4 is 11.3 Å². The number of furan rings is 2. The molecule has 0 radical (unpaired) electrons.